The SMILES string of the molecule is O=C(O)CN1CCCC1c1cccc2ccccc12. The molecule has 1 heterocycles. The molecular weight excluding hydrogens is 238 g/mol. The maximum Gasteiger partial charge on any atom is 0.317 e. The van der Waals surface area contributed by atoms with Crippen molar-refractivity contribution in [1.82, 2.24) is 4.90 Å². The third-order valence-corrected chi connectivity index (χ3v) is 3.88. The van der Waals surface area contributed by atoms with Crippen LogP contribution < -0.4 is 0 Å². The summed E-state index contributed by atoms with van der Waals surface area (Å²) < 4.78 is 0. The van der Waals surface area contributed by atoms with Gasteiger partial charge in [-0.05, 0) is 35.7 Å². The van der Waals surface area contributed by atoms with Crippen LogP contribution in [0.5, 0.6) is 0 Å². The highest BCUT2D eigenvalue weighted by Gasteiger charge is 2.28. The van der Waals surface area contributed by atoms with E-state index in [0.29, 0.717) is 0 Å². The monoisotopic (exact) mass is 255 g/mol. The summed E-state index contributed by atoms with van der Waals surface area (Å²) in [5, 5.41) is 11.5. The van der Waals surface area contributed by atoms with E-state index in [0.717, 1.165) is 19.4 Å². The van der Waals surface area contributed by atoms with Crippen LogP contribution in [0.2, 0.25) is 0 Å². The third kappa shape index (κ3) is 2.34. The van der Waals surface area contributed by atoms with E-state index in [9.17, 15) is 4.79 Å². The second kappa shape index (κ2) is 5.02. The van der Waals surface area contributed by atoms with Gasteiger partial charge < -0.3 is 5.11 Å². The Morgan fingerprint density at radius 3 is 2.84 bits per heavy atom. The first kappa shape index (κ1) is 12.2. The van der Waals surface area contributed by atoms with E-state index in [4.69, 9.17) is 5.11 Å². The topological polar surface area (TPSA) is 40.5 Å². The number of likely N-dealkylation sites (tertiary alicyclic amines) is 1. The summed E-state index contributed by atoms with van der Waals surface area (Å²) in [6.07, 6.45) is 2.11. The number of aliphatic carboxylic acids is 1. The lowest BCUT2D eigenvalue weighted by Gasteiger charge is -2.24. The first-order valence-corrected chi connectivity index (χ1v) is 6.69. The van der Waals surface area contributed by atoms with Gasteiger partial charge in [0.1, 0.15) is 0 Å². The van der Waals surface area contributed by atoms with Crippen molar-refractivity contribution in [3.8, 4) is 0 Å². The highest BCUT2D eigenvalue weighted by molar-refractivity contribution is 5.86. The first-order valence-electron chi connectivity index (χ1n) is 6.69. The lowest BCUT2D eigenvalue weighted by atomic mass is 9.97. The maximum atomic E-state index is 11.0. The fourth-order valence-corrected chi connectivity index (χ4v) is 3.08. The van der Waals surface area contributed by atoms with E-state index >= 15 is 0 Å². The van der Waals surface area contributed by atoms with Gasteiger partial charge in [-0.15, -0.1) is 0 Å². The van der Waals surface area contributed by atoms with E-state index in [1.807, 2.05) is 12.1 Å². The van der Waals surface area contributed by atoms with Crippen LogP contribution in [0.1, 0.15) is 24.4 Å². The van der Waals surface area contributed by atoms with Crippen LogP contribution in [-0.2, 0) is 4.79 Å². The summed E-state index contributed by atoms with van der Waals surface area (Å²) in [7, 11) is 0. The Morgan fingerprint density at radius 2 is 2.00 bits per heavy atom. The van der Waals surface area contributed by atoms with Crippen molar-refractivity contribution in [1.29, 1.82) is 0 Å². The Bertz CT molecular complexity index is 603. The van der Waals surface area contributed by atoms with Gasteiger partial charge in [0.05, 0.1) is 6.54 Å². The molecule has 0 aliphatic carbocycles. The van der Waals surface area contributed by atoms with Crippen molar-refractivity contribution >= 4 is 16.7 Å². The lowest BCUT2D eigenvalue weighted by molar-refractivity contribution is -0.138. The highest BCUT2D eigenvalue weighted by Crippen LogP contribution is 2.35. The molecule has 0 amide bonds. The van der Waals surface area contributed by atoms with Crippen LogP contribution in [0.15, 0.2) is 42.5 Å². The molecule has 1 saturated heterocycles. The van der Waals surface area contributed by atoms with Crippen LogP contribution in [0.4, 0.5) is 0 Å². The smallest absolute Gasteiger partial charge is 0.317 e. The van der Waals surface area contributed by atoms with Gasteiger partial charge in [-0.25, -0.2) is 0 Å². The number of carbonyl (C=O) groups is 1. The zero-order valence-corrected chi connectivity index (χ0v) is 10.7. The van der Waals surface area contributed by atoms with E-state index in [1.54, 1.807) is 0 Å². The standard InChI is InChI=1S/C16H17NO2/c18-16(19)11-17-10-4-9-15(17)14-8-3-6-12-5-1-2-7-13(12)14/h1-3,5-8,15H,4,9-11H2,(H,18,19). The molecule has 3 rings (SSSR count). The summed E-state index contributed by atoms with van der Waals surface area (Å²) in [6.45, 7) is 1.01. The molecule has 1 atom stereocenters. The van der Waals surface area contributed by atoms with Crippen LogP contribution in [0.25, 0.3) is 10.8 Å². The van der Waals surface area contributed by atoms with Crippen molar-refractivity contribution in [2.24, 2.45) is 0 Å². The molecule has 98 valence electrons. The second-order valence-corrected chi connectivity index (χ2v) is 5.09. The Kier molecular flexibility index (Phi) is 3.22. The number of carboxylic acid groups (broad SMARTS) is 1. The molecular formula is C16H17NO2. The van der Waals surface area contributed by atoms with E-state index in [1.165, 1.54) is 16.3 Å². The van der Waals surface area contributed by atoms with Crippen LogP contribution in [-0.4, -0.2) is 29.1 Å². The molecule has 0 spiro atoms. The average Bonchev–Trinajstić information content (AvgIpc) is 2.85. The Labute approximate surface area is 112 Å². The zero-order chi connectivity index (χ0) is 13.2. The maximum absolute atomic E-state index is 11.0. The molecule has 0 radical (unpaired) electrons. The minimum atomic E-state index is -0.743. The molecule has 1 fully saturated rings. The molecule has 3 nitrogen and oxygen atoms in total. The molecule has 1 aliphatic rings. The molecule has 0 bridgehead atoms. The Morgan fingerprint density at radius 1 is 1.21 bits per heavy atom. The number of rotatable bonds is 3. The molecule has 2 aromatic rings. The van der Waals surface area contributed by atoms with Crippen LogP contribution in [0.3, 0.4) is 0 Å². The summed E-state index contributed by atoms with van der Waals surface area (Å²) in [4.78, 5) is 13.0. The van der Waals surface area contributed by atoms with Gasteiger partial charge in [-0.1, -0.05) is 42.5 Å². The molecule has 0 aromatic heterocycles. The number of benzene rings is 2. The van der Waals surface area contributed by atoms with Gasteiger partial charge in [0.25, 0.3) is 0 Å². The zero-order valence-electron chi connectivity index (χ0n) is 10.7. The summed E-state index contributed by atoms with van der Waals surface area (Å²) in [6, 6.07) is 14.9. The predicted molar refractivity (Wildman–Crippen MR) is 75.1 cm³/mol. The molecule has 3 heteroatoms. The number of nitrogens with zero attached hydrogens (tertiary/aromatic N) is 1. The van der Waals surface area contributed by atoms with E-state index in [2.05, 4.69) is 35.2 Å². The average molecular weight is 255 g/mol. The van der Waals surface area contributed by atoms with Crippen molar-refractivity contribution in [3.63, 3.8) is 0 Å². The second-order valence-electron chi connectivity index (χ2n) is 5.09. The minimum absolute atomic E-state index is 0.133. The number of hydrogen-bond acceptors (Lipinski definition) is 2. The Balaban J connectivity index is 2.01. The number of carboxylic acids is 1. The van der Waals surface area contributed by atoms with Crippen molar-refractivity contribution in [2.45, 2.75) is 18.9 Å². The van der Waals surface area contributed by atoms with Crippen molar-refractivity contribution in [3.05, 3.63) is 48.0 Å². The molecule has 1 unspecified atom stereocenters. The first-order chi connectivity index (χ1) is 9.25. The molecule has 19 heavy (non-hydrogen) atoms. The minimum Gasteiger partial charge on any atom is -0.480 e. The molecule has 1 N–H and O–H groups in total. The molecule has 2 aromatic carbocycles. The number of hydrogen-bond donors (Lipinski definition) is 1. The van der Waals surface area contributed by atoms with E-state index in [-0.39, 0.29) is 12.6 Å². The Hall–Kier alpha value is -1.87. The van der Waals surface area contributed by atoms with E-state index < -0.39 is 5.97 Å². The van der Waals surface area contributed by atoms with Crippen molar-refractivity contribution in [2.75, 3.05) is 13.1 Å². The number of fused-ring (bicyclic) bond motifs is 1. The normalized spacial score (nSPS) is 19.9. The van der Waals surface area contributed by atoms with Gasteiger partial charge in [0, 0.05) is 6.04 Å². The van der Waals surface area contributed by atoms with Gasteiger partial charge in [-0.3, -0.25) is 9.69 Å². The summed E-state index contributed by atoms with van der Waals surface area (Å²) in [5.74, 6) is -0.743. The van der Waals surface area contributed by atoms with Crippen LogP contribution in [0, 0.1) is 0 Å². The van der Waals surface area contributed by atoms with Gasteiger partial charge >= 0.3 is 5.97 Å². The quantitative estimate of drug-likeness (QED) is 0.916. The highest BCUT2D eigenvalue weighted by atomic mass is 16.4. The fourth-order valence-electron chi connectivity index (χ4n) is 3.08. The fraction of sp³-hybridized carbons (Fsp3) is 0.312. The third-order valence-electron chi connectivity index (χ3n) is 3.88. The predicted octanol–water partition coefficient (Wildman–Crippen LogP) is 3.06. The van der Waals surface area contributed by atoms with Crippen molar-refractivity contribution < 1.29 is 9.90 Å². The van der Waals surface area contributed by atoms with Gasteiger partial charge in [0.15, 0.2) is 0 Å². The largest absolute Gasteiger partial charge is 0.480 e. The molecule has 0 saturated carbocycles. The summed E-state index contributed by atoms with van der Waals surface area (Å²) >= 11 is 0. The van der Waals surface area contributed by atoms with Crippen LogP contribution >= 0.6 is 0 Å². The molecule has 1 aliphatic heterocycles. The van der Waals surface area contributed by atoms with Gasteiger partial charge in [-0.2, -0.15) is 0 Å². The summed E-state index contributed by atoms with van der Waals surface area (Å²) in [5.41, 5.74) is 1.26. The lowest BCUT2D eigenvalue weighted by Crippen LogP contribution is -2.29. The van der Waals surface area contributed by atoms with Gasteiger partial charge in [0.2, 0.25) is 0 Å².